The van der Waals surface area contributed by atoms with Crippen LogP contribution in [0.4, 0.5) is 0 Å². The highest BCUT2D eigenvalue weighted by Crippen LogP contribution is 2.32. The molecule has 2 aromatic heterocycles. The van der Waals surface area contributed by atoms with Gasteiger partial charge in [0.05, 0.1) is 21.9 Å². The number of aromatic nitrogens is 3. The van der Waals surface area contributed by atoms with Crippen molar-refractivity contribution in [2.45, 2.75) is 24.7 Å². The maximum atomic E-state index is 11.4. The van der Waals surface area contributed by atoms with E-state index in [1.807, 2.05) is 21.0 Å². The van der Waals surface area contributed by atoms with E-state index in [0.29, 0.717) is 6.42 Å². The molecule has 7 nitrogen and oxygen atoms in total. The van der Waals surface area contributed by atoms with Crippen molar-refractivity contribution in [2.24, 2.45) is 5.14 Å². The lowest BCUT2D eigenvalue weighted by atomic mass is 10.2. The minimum atomic E-state index is -3.68. The summed E-state index contributed by atoms with van der Waals surface area (Å²) < 4.78 is 22.8. The number of hydrogen-bond donors (Lipinski definition) is 1. The van der Waals surface area contributed by atoms with E-state index in [1.165, 1.54) is 12.1 Å². The molecule has 1 aromatic carbocycles. The van der Waals surface area contributed by atoms with Crippen molar-refractivity contribution in [3.05, 3.63) is 45.0 Å². The first-order valence-corrected chi connectivity index (χ1v) is 11.5. The van der Waals surface area contributed by atoms with Crippen molar-refractivity contribution < 1.29 is 8.42 Å². The molecule has 0 atom stereocenters. The Morgan fingerprint density at radius 1 is 1.04 bits per heavy atom. The van der Waals surface area contributed by atoms with Crippen LogP contribution in [0.15, 0.2) is 29.2 Å². The van der Waals surface area contributed by atoms with Crippen LogP contribution in [0.3, 0.4) is 0 Å². The summed E-state index contributed by atoms with van der Waals surface area (Å²) in [6.07, 6.45) is 1.55. The van der Waals surface area contributed by atoms with Crippen LogP contribution in [0, 0.1) is 6.92 Å². The first-order valence-electron chi connectivity index (χ1n) is 8.28. The van der Waals surface area contributed by atoms with Gasteiger partial charge in [0.1, 0.15) is 15.0 Å². The van der Waals surface area contributed by atoms with E-state index in [0.717, 1.165) is 44.1 Å². The molecule has 0 radical (unpaired) electrons. The Morgan fingerprint density at radius 2 is 1.70 bits per heavy atom. The van der Waals surface area contributed by atoms with Crippen LogP contribution in [0.2, 0.25) is 0 Å². The Kier molecular flexibility index (Phi) is 6.02. The van der Waals surface area contributed by atoms with Gasteiger partial charge < -0.3 is 4.90 Å². The minimum Gasteiger partial charge on any atom is -0.309 e. The molecule has 0 bridgehead atoms. The zero-order valence-corrected chi connectivity index (χ0v) is 17.8. The molecule has 0 amide bonds. The van der Waals surface area contributed by atoms with Crippen LogP contribution < -0.4 is 5.14 Å². The molecule has 0 saturated carbocycles. The molecule has 27 heavy (non-hydrogen) atoms. The predicted molar refractivity (Wildman–Crippen MR) is 109 cm³/mol. The lowest BCUT2D eigenvalue weighted by Gasteiger charge is -2.05. The van der Waals surface area contributed by atoms with Crippen molar-refractivity contribution in [1.82, 2.24) is 20.1 Å². The van der Waals surface area contributed by atoms with Crippen LogP contribution in [0.25, 0.3) is 10.4 Å². The summed E-state index contributed by atoms with van der Waals surface area (Å²) >= 11 is 3.21. The molecular formula is C17H21N5O2S3. The molecule has 0 fully saturated rings. The van der Waals surface area contributed by atoms with E-state index >= 15 is 0 Å². The largest absolute Gasteiger partial charge is 0.309 e. The highest BCUT2D eigenvalue weighted by molar-refractivity contribution is 7.89. The number of benzene rings is 1. The van der Waals surface area contributed by atoms with E-state index in [9.17, 15) is 8.42 Å². The summed E-state index contributed by atoms with van der Waals surface area (Å²) in [5, 5.41) is 16.6. The number of sulfonamides is 1. The normalized spacial score (nSPS) is 12.0. The third-order valence-corrected chi connectivity index (χ3v) is 6.99. The Hall–Kier alpha value is -1.72. The molecule has 3 rings (SSSR count). The summed E-state index contributed by atoms with van der Waals surface area (Å²) in [7, 11) is 0.394. The van der Waals surface area contributed by atoms with Crippen LogP contribution in [-0.2, 0) is 22.9 Å². The minimum absolute atomic E-state index is 0.104. The summed E-state index contributed by atoms with van der Waals surface area (Å²) in [6, 6.07) is 6.55. The number of thiazole rings is 1. The van der Waals surface area contributed by atoms with Gasteiger partial charge in [-0.1, -0.05) is 12.1 Å². The molecule has 0 unspecified atom stereocenters. The van der Waals surface area contributed by atoms with Crippen molar-refractivity contribution in [3.8, 4) is 10.4 Å². The monoisotopic (exact) mass is 423 g/mol. The van der Waals surface area contributed by atoms with Gasteiger partial charge in [-0.05, 0) is 38.7 Å². The first-order chi connectivity index (χ1) is 12.7. The average molecular weight is 424 g/mol. The van der Waals surface area contributed by atoms with Crippen LogP contribution in [0.1, 0.15) is 20.7 Å². The number of hydrogen-bond acceptors (Lipinski definition) is 8. The Balaban J connectivity index is 1.75. The molecule has 144 valence electrons. The fourth-order valence-corrected chi connectivity index (χ4v) is 5.02. The summed E-state index contributed by atoms with van der Waals surface area (Å²) in [6.45, 7) is 2.90. The molecule has 2 heterocycles. The molecule has 0 saturated heterocycles. The predicted octanol–water partition coefficient (Wildman–Crippen LogP) is 2.31. The maximum absolute atomic E-state index is 11.4. The Morgan fingerprint density at radius 3 is 2.33 bits per heavy atom. The average Bonchev–Trinajstić information content (AvgIpc) is 3.19. The van der Waals surface area contributed by atoms with Gasteiger partial charge in [-0.2, -0.15) is 0 Å². The molecule has 2 N–H and O–H groups in total. The fraction of sp³-hybridized carbons (Fsp3) is 0.353. The van der Waals surface area contributed by atoms with Gasteiger partial charge in [-0.15, -0.1) is 32.9 Å². The molecule has 3 aromatic rings. The maximum Gasteiger partial charge on any atom is 0.238 e. The van der Waals surface area contributed by atoms with Crippen LogP contribution in [0.5, 0.6) is 0 Å². The molecule has 0 aliphatic heterocycles. The molecule has 10 heteroatoms. The second-order valence-electron chi connectivity index (χ2n) is 6.41. The number of nitrogens with zero attached hydrogens (tertiary/aromatic N) is 4. The molecular weight excluding hydrogens is 402 g/mol. The van der Waals surface area contributed by atoms with E-state index in [4.69, 9.17) is 5.14 Å². The number of primary sulfonamides is 1. The van der Waals surface area contributed by atoms with Gasteiger partial charge >= 0.3 is 0 Å². The van der Waals surface area contributed by atoms with E-state index < -0.39 is 10.0 Å². The quantitative estimate of drug-likeness (QED) is 0.626. The topological polar surface area (TPSA) is 102 Å². The Bertz CT molecular complexity index is 1020. The highest BCUT2D eigenvalue weighted by Gasteiger charge is 2.14. The fourth-order valence-electron chi connectivity index (χ4n) is 2.50. The smallest absolute Gasteiger partial charge is 0.238 e. The van der Waals surface area contributed by atoms with Crippen molar-refractivity contribution in [1.29, 1.82) is 0 Å². The second kappa shape index (κ2) is 8.11. The first kappa shape index (κ1) is 20.0. The summed E-state index contributed by atoms with van der Waals surface area (Å²) in [5.41, 5.74) is 1.84. The number of rotatable bonds is 7. The highest BCUT2D eigenvalue weighted by atomic mass is 32.2. The van der Waals surface area contributed by atoms with Crippen molar-refractivity contribution >= 4 is 32.7 Å². The van der Waals surface area contributed by atoms with E-state index in [1.54, 1.807) is 34.8 Å². The zero-order chi connectivity index (χ0) is 19.6. The Labute approximate surface area is 167 Å². The zero-order valence-electron chi connectivity index (χ0n) is 15.3. The van der Waals surface area contributed by atoms with Gasteiger partial charge in [-0.3, -0.25) is 0 Å². The number of aryl methyl sites for hydroxylation is 1. The molecule has 0 aliphatic rings. The third-order valence-electron chi connectivity index (χ3n) is 3.87. The second-order valence-corrected chi connectivity index (χ2v) is 10.2. The van der Waals surface area contributed by atoms with E-state index in [2.05, 4.69) is 20.1 Å². The summed E-state index contributed by atoms with van der Waals surface area (Å²) in [4.78, 5) is 7.89. The van der Waals surface area contributed by atoms with Crippen LogP contribution in [-0.4, -0.2) is 49.1 Å². The third kappa shape index (κ3) is 5.17. The van der Waals surface area contributed by atoms with Crippen molar-refractivity contribution in [3.63, 3.8) is 0 Å². The van der Waals surface area contributed by atoms with Gasteiger partial charge in [-0.25, -0.2) is 18.5 Å². The molecule has 0 aliphatic carbocycles. The van der Waals surface area contributed by atoms with Gasteiger partial charge in [0.2, 0.25) is 10.0 Å². The SMILES string of the molecule is Cc1nc(Cc2nnc(CCN(C)C)s2)sc1-c1ccc(S(N)(=O)=O)cc1. The van der Waals surface area contributed by atoms with Gasteiger partial charge in [0.15, 0.2) is 0 Å². The number of likely N-dealkylation sites (N-methyl/N-ethyl adjacent to an activating group) is 1. The van der Waals surface area contributed by atoms with Gasteiger partial charge in [0.25, 0.3) is 0 Å². The standard InChI is InChI=1S/C17H21N5O2S3/c1-11-17(12-4-6-13(7-5-12)27(18,23)24)26-15(19-11)10-16-21-20-14(25-16)8-9-22(2)3/h4-7H,8-10H2,1-3H3,(H2,18,23,24). The lowest BCUT2D eigenvalue weighted by Crippen LogP contribution is -2.14. The van der Waals surface area contributed by atoms with E-state index in [-0.39, 0.29) is 4.90 Å². The van der Waals surface area contributed by atoms with Gasteiger partial charge in [0, 0.05) is 13.0 Å². The van der Waals surface area contributed by atoms with Crippen LogP contribution >= 0.6 is 22.7 Å². The summed E-state index contributed by atoms with van der Waals surface area (Å²) in [5.74, 6) is 0. The lowest BCUT2D eigenvalue weighted by molar-refractivity contribution is 0.413. The number of nitrogens with two attached hydrogens (primary N) is 1. The van der Waals surface area contributed by atoms with Crippen molar-refractivity contribution in [2.75, 3.05) is 20.6 Å². The molecule has 0 spiro atoms.